The Morgan fingerprint density at radius 1 is 1.07 bits per heavy atom. The summed E-state index contributed by atoms with van der Waals surface area (Å²) in [7, 11) is 1.76. The van der Waals surface area contributed by atoms with E-state index in [-0.39, 0.29) is 11.9 Å². The number of hydrogen-bond donors (Lipinski definition) is 3. The first-order chi connectivity index (χ1) is 14.6. The van der Waals surface area contributed by atoms with Gasteiger partial charge >= 0.3 is 0 Å². The van der Waals surface area contributed by atoms with Crippen molar-refractivity contribution >= 4 is 17.6 Å². The first-order valence-corrected chi connectivity index (χ1v) is 10.7. The molecule has 1 amide bonds. The molecule has 0 bridgehead atoms. The van der Waals surface area contributed by atoms with E-state index in [0.717, 1.165) is 24.6 Å². The fraction of sp³-hybridized carbons (Fsp3) is 0.417. The molecule has 0 aliphatic carbocycles. The number of nitrogens with zero attached hydrogens (tertiary/aromatic N) is 2. The number of aliphatic imine (C=N–C) groups is 1. The maximum Gasteiger partial charge on any atom is 0.251 e. The van der Waals surface area contributed by atoms with Gasteiger partial charge in [0, 0.05) is 44.5 Å². The summed E-state index contributed by atoms with van der Waals surface area (Å²) >= 11 is 0. The van der Waals surface area contributed by atoms with Crippen molar-refractivity contribution in [3.05, 3.63) is 65.2 Å². The van der Waals surface area contributed by atoms with Crippen LogP contribution in [0.3, 0.4) is 0 Å². The van der Waals surface area contributed by atoms with E-state index in [0.29, 0.717) is 18.7 Å². The van der Waals surface area contributed by atoms with Crippen LogP contribution in [0, 0.1) is 6.92 Å². The van der Waals surface area contributed by atoms with E-state index in [2.05, 4.69) is 57.0 Å². The minimum atomic E-state index is -0.0597. The molecule has 30 heavy (non-hydrogen) atoms. The lowest BCUT2D eigenvalue weighted by atomic mass is 10.1. The quantitative estimate of drug-likeness (QED) is 0.374. The maximum atomic E-state index is 12.2. The van der Waals surface area contributed by atoms with Crippen molar-refractivity contribution in [2.75, 3.05) is 38.1 Å². The lowest BCUT2D eigenvalue weighted by Gasteiger charge is -2.22. The summed E-state index contributed by atoms with van der Waals surface area (Å²) in [5, 5.41) is 9.65. The fourth-order valence-electron chi connectivity index (χ4n) is 3.69. The van der Waals surface area contributed by atoms with Crippen LogP contribution in [-0.2, 0) is 0 Å². The van der Waals surface area contributed by atoms with Crippen LogP contribution in [0.2, 0.25) is 0 Å². The molecule has 1 saturated heterocycles. The van der Waals surface area contributed by atoms with E-state index in [1.807, 2.05) is 31.2 Å². The molecule has 1 aliphatic rings. The van der Waals surface area contributed by atoms with Gasteiger partial charge in [0.25, 0.3) is 5.91 Å². The second-order valence-electron chi connectivity index (χ2n) is 7.78. The number of amides is 1. The first kappa shape index (κ1) is 21.7. The highest BCUT2D eigenvalue weighted by atomic mass is 16.1. The van der Waals surface area contributed by atoms with Gasteiger partial charge in [-0.05, 0) is 56.5 Å². The highest BCUT2D eigenvalue weighted by Crippen LogP contribution is 2.23. The van der Waals surface area contributed by atoms with Crippen LogP contribution in [-0.4, -0.2) is 45.1 Å². The number of carbonyl (C=O) groups excluding carboxylic acids is 1. The average Bonchev–Trinajstić information content (AvgIpc) is 3.30. The molecular weight excluding hydrogens is 374 g/mol. The number of carbonyl (C=O) groups is 1. The summed E-state index contributed by atoms with van der Waals surface area (Å²) in [4.78, 5) is 19.0. The van der Waals surface area contributed by atoms with Gasteiger partial charge in [-0.3, -0.25) is 9.79 Å². The summed E-state index contributed by atoms with van der Waals surface area (Å²) < 4.78 is 0. The zero-order valence-corrected chi connectivity index (χ0v) is 18.2. The minimum Gasteiger partial charge on any atom is -0.372 e. The van der Waals surface area contributed by atoms with Crippen LogP contribution in [0.4, 0.5) is 5.69 Å². The van der Waals surface area contributed by atoms with E-state index in [1.165, 1.54) is 24.1 Å². The first-order valence-electron chi connectivity index (χ1n) is 10.7. The minimum absolute atomic E-state index is 0.0597. The lowest BCUT2D eigenvalue weighted by Crippen LogP contribution is -2.42. The Morgan fingerprint density at radius 3 is 2.53 bits per heavy atom. The monoisotopic (exact) mass is 407 g/mol. The lowest BCUT2D eigenvalue weighted by molar-refractivity contribution is 0.0954. The molecule has 1 heterocycles. The van der Waals surface area contributed by atoms with Gasteiger partial charge in [-0.15, -0.1) is 0 Å². The molecule has 0 aromatic heterocycles. The second-order valence-corrected chi connectivity index (χ2v) is 7.78. The van der Waals surface area contributed by atoms with E-state index in [4.69, 9.17) is 0 Å². The molecular formula is C24H33N5O. The van der Waals surface area contributed by atoms with Gasteiger partial charge in [-0.2, -0.15) is 0 Å². The van der Waals surface area contributed by atoms with Gasteiger partial charge in [0.1, 0.15) is 0 Å². The number of aryl methyl sites for hydroxylation is 1. The van der Waals surface area contributed by atoms with Crippen molar-refractivity contribution in [3.8, 4) is 0 Å². The molecule has 1 aliphatic heterocycles. The van der Waals surface area contributed by atoms with Crippen molar-refractivity contribution in [1.82, 2.24) is 16.0 Å². The zero-order chi connectivity index (χ0) is 21.3. The van der Waals surface area contributed by atoms with Crippen LogP contribution in [0.5, 0.6) is 0 Å². The van der Waals surface area contributed by atoms with E-state index in [9.17, 15) is 4.79 Å². The number of hydrogen-bond acceptors (Lipinski definition) is 3. The molecule has 3 N–H and O–H groups in total. The Hall–Kier alpha value is -3.02. The summed E-state index contributed by atoms with van der Waals surface area (Å²) in [6.45, 7) is 7.51. The van der Waals surface area contributed by atoms with Crippen molar-refractivity contribution in [3.63, 3.8) is 0 Å². The van der Waals surface area contributed by atoms with Gasteiger partial charge in [-0.25, -0.2) is 0 Å². The Morgan fingerprint density at radius 2 is 1.80 bits per heavy atom. The third-order valence-corrected chi connectivity index (χ3v) is 5.40. The Kier molecular flexibility index (Phi) is 7.71. The van der Waals surface area contributed by atoms with Gasteiger partial charge in [0.05, 0.1) is 6.04 Å². The summed E-state index contributed by atoms with van der Waals surface area (Å²) in [6, 6.07) is 16.4. The molecule has 2 aromatic carbocycles. The number of guanidine groups is 1. The summed E-state index contributed by atoms with van der Waals surface area (Å²) in [6.07, 6.45) is 2.55. The molecule has 0 spiro atoms. The van der Waals surface area contributed by atoms with Crippen LogP contribution >= 0.6 is 0 Å². The topological polar surface area (TPSA) is 68.8 Å². The van der Waals surface area contributed by atoms with Crippen LogP contribution < -0.4 is 20.9 Å². The number of benzene rings is 2. The second kappa shape index (κ2) is 10.7. The Balaban J connectivity index is 1.46. The predicted molar refractivity (Wildman–Crippen MR) is 124 cm³/mol. The number of rotatable bonds is 7. The van der Waals surface area contributed by atoms with Crippen LogP contribution in [0.25, 0.3) is 0 Å². The normalized spacial score (nSPS) is 15.0. The molecule has 1 fully saturated rings. The Bertz CT molecular complexity index is 873. The number of nitrogens with one attached hydrogen (secondary N) is 3. The molecule has 1 atom stereocenters. The van der Waals surface area contributed by atoms with Gasteiger partial charge in [0.2, 0.25) is 0 Å². The Labute approximate surface area is 179 Å². The van der Waals surface area contributed by atoms with E-state index in [1.54, 1.807) is 7.05 Å². The van der Waals surface area contributed by atoms with Gasteiger partial charge in [-0.1, -0.05) is 29.8 Å². The standard InChI is InChI=1S/C24H33N5O/c1-18-8-6-10-21(16-18)23(30)26-12-13-27-24(25-3)28-19(2)20-9-7-11-22(17-20)29-14-4-5-15-29/h6-11,16-17,19H,4-5,12-15H2,1-3H3,(H,26,30)(H2,25,27,28). The van der Waals surface area contributed by atoms with Crippen LogP contribution in [0.1, 0.15) is 47.3 Å². The number of anilines is 1. The molecule has 160 valence electrons. The largest absolute Gasteiger partial charge is 0.372 e. The van der Waals surface area contributed by atoms with Crippen LogP contribution in [0.15, 0.2) is 53.5 Å². The van der Waals surface area contributed by atoms with Crippen molar-refractivity contribution in [2.45, 2.75) is 32.7 Å². The molecule has 1 unspecified atom stereocenters. The van der Waals surface area contributed by atoms with Crippen molar-refractivity contribution < 1.29 is 4.79 Å². The molecule has 6 nitrogen and oxygen atoms in total. The smallest absolute Gasteiger partial charge is 0.251 e. The van der Waals surface area contributed by atoms with Crippen molar-refractivity contribution in [1.29, 1.82) is 0 Å². The molecule has 2 aromatic rings. The third kappa shape index (κ3) is 5.99. The average molecular weight is 408 g/mol. The fourth-order valence-corrected chi connectivity index (χ4v) is 3.69. The van der Waals surface area contributed by atoms with Crippen molar-refractivity contribution in [2.24, 2.45) is 4.99 Å². The summed E-state index contributed by atoms with van der Waals surface area (Å²) in [5.41, 5.74) is 4.28. The molecule has 3 rings (SSSR count). The third-order valence-electron chi connectivity index (χ3n) is 5.40. The molecule has 6 heteroatoms. The molecule has 0 saturated carbocycles. The highest BCUT2D eigenvalue weighted by molar-refractivity contribution is 5.94. The maximum absolute atomic E-state index is 12.2. The molecule has 0 radical (unpaired) electrons. The SMILES string of the molecule is CN=C(NCCNC(=O)c1cccc(C)c1)NC(C)c1cccc(N2CCCC2)c1. The summed E-state index contributed by atoms with van der Waals surface area (Å²) in [5.74, 6) is 0.662. The van der Waals surface area contributed by atoms with E-state index < -0.39 is 0 Å². The zero-order valence-electron chi connectivity index (χ0n) is 18.2. The van der Waals surface area contributed by atoms with Gasteiger partial charge in [0.15, 0.2) is 5.96 Å². The van der Waals surface area contributed by atoms with Gasteiger partial charge < -0.3 is 20.9 Å². The van der Waals surface area contributed by atoms with E-state index >= 15 is 0 Å². The predicted octanol–water partition coefficient (Wildman–Crippen LogP) is 3.25. The highest BCUT2D eigenvalue weighted by Gasteiger charge is 2.14.